The Kier molecular flexibility index (Phi) is 4.98. The molecular formula is C15H21N3O. The molecular weight excluding hydrogens is 238 g/mol. The molecule has 0 atom stereocenters. The van der Waals surface area contributed by atoms with Crippen molar-refractivity contribution < 1.29 is 4.42 Å². The summed E-state index contributed by atoms with van der Waals surface area (Å²) in [6.45, 7) is 4.66. The van der Waals surface area contributed by atoms with Crippen molar-refractivity contribution in [3.05, 3.63) is 47.9 Å². The highest BCUT2D eigenvalue weighted by Crippen LogP contribution is 2.12. The third-order valence-corrected chi connectivity index (χ3v) is 3.00. The summed E-state index contributed by atoms with van der Waals surface area (Å²) < 4.78 is 5.49. The van der Waals surface area contributed by atoms with Crippen LogP contribution in [0.3, 0.4) is 0 Å². The molecule has 0 aliphatic carbocycles. The van der Waals surface area contributed by atoms with Gasteiger partial charge >= 0.3 is 0 Å². The van der Waals surface area contributed by atoms with Crippen LogP contribution in [0.1, 0.15) is 18.2 Å². The molecule has 4 nitrogen and oxygen atoms in total. The van der Waals surface area contributed by atoms with Crippen molar-refractivity contribution >= 4 is 6.01 Å². The lowest BCUT2D eigenvalue weighted by Gasteiger charge is -2.14. The number of rotatable bonds is 7. The summed E-state index contributed by atoms with van der Waals surface area (Å²) in [6.07, 6.45) is 2.71. The molecule has 1 aromatic carbocycles. The van der Waals surface area contributed by atoms with Crippen LogP contribution in [0, 0.1) is 0 Å². The van der Waals surface area contributed by atoms with Gasteiger partial charge in [-0.3, -0.25) is 0 Å². The average Bonchev–Trinajstić information content (AvgIpc) is 2.92. The Morgan fingerprint density at radius 2 is 2.05 bits per heavy atom. The van der Waals surface area contributed by atoms with Gasteiger partial charge in [-0.2, -0.15) is 4.98 Å². The second-order valence-electron chi connectivity index (χ2n) is 4.56. The maximum absolute atomic E-state index is 5.49. The topological polar surface area (TPSA) is 41.3 Å². The summed E-state index contributed by atoms with van der Waals surface area (Å²) >= 11 is 0. The van der Waals surface area contributed by atoms with E-state index in [1.807, 2.05) is 18.0 Å². The van der Waals surface area contributed by atoms with Crippen molar-refractivity contribution in [1.82, 2.24) is 10.3 Å². The number of benzene rings is 1. The molecule has 0 saturated heterocycles. The van der Waals surface area contributed by atoms with Gasteiger partial charge in [0.05, 0.1) is 5.69 Å². The highest BCUT2D eigenvalue weighted by molar-refractivity contribution is 5.26. The molecule has 0 spiro atoms. The molecule has 2 rings (SSSR count). The zero-order chi connectivity index (χ0) is 13.5. The summed E-state index contributed by atoms with van der Waals surface area (Å²) in [5, 5.41) is 3.23. The van der Waals surface area contributed by atoms with Crippen LogP contribution in [0.2, 0.25) is 0 Å². The van der Waals surface area contributed by atoms with Crippen molar-refractivity contribution in [2.75, 3.05) is 25.0 Å². The first-order valence-electron chi connectivity index (χ1n) is 6.69. The fraction of sp³-hybridized carbons (Fsp3) is 0.400. The van der Waals surface area contributed by atoms with Crippen LogP contribution >= 0.6 is 0 Å². The van der Waals surface area contributed by atoms with Gasteiger partial charge in [0.25, 0.3) is 6.01 Å². The van der Waals surface area contributed by atoms with Crippen LogP contribution < -0.4 is 10.2 Å². The standard InChI is InChI=1S/C15H21N3O/c1-3-16-11-14-12-19-15(17-14)18(2)10-9-13-7-5-4-6-8-13/h4-8,12,16H,3,9-11H2,1-2H3. The Morgan fingerprint density at radius 3 is 2.79 bits per heavy atom. The van der Waals surface area contributed by atoms with E-state index in [0.717, 1.165) is 31.7 Å². The van der Waals surface area contributed by atoms with Gasteiger partial charge in [-0.15, -0.1) is 0 Å². The molecule has 1 heterocycles. The first-order valence-corrected chi connectivity index (χ1v) is 6.69. The number of nitrogens with one attached hydrogen (secondary N) is 1. The van der Waals surface area contributed by atoms with E-state index in [0.29, 0.717) is 6.01 Å². The van der Waals surface area contributed by atoms with Gasteiger partial charge in [-0.25, -0.2) is 0 Å². The van der Waals surface area contributed by atoms with E-state index in [-0.39, 0.29) is 0 Å². The smallest absolute Gasteiger partial charge is 0.297 e. The molecule has 0 saturated carbocycles. The van der Waals surface area contributed by atoms with Crippen LogP contribution in [0.25, 0.3) is 0 Å². The maximum atomic E-state index is 5.49. The Labute approximate surface area is 114 Å². The number of anilines is 1. The van der Waals surface area contributed by atoms with E-state index < -0.39 is 0 Å². The van der Waals surface area contributed by atoms with Gasteiger partial charge in [-0.1, -0.05) is 37.3 Å². The van der Waals surface area contributed by atoms with E-state index in [4.69, 9.17) is 4.42 Å². The normalized spacial score (nSPS) is 10.6. The zero-order valence-corrected chi connectivity index (χ0v) is 11.6. The minimum atomic E-state index is 0.684. The van der Waals surface area contributed by atoms with Gasteiger partial charge in [0.1, 0.15) is 6.26 Å². The third-order valence-electron chi connectivity index (χ3n) is 3.00. The van der Waals surface area contributed by atoms with Crippen molar-refractivity contribution in [1.29, 1.82) is 0 Å². The predicted octanol–water partition coefficient (Wildman–Crippen LogP) is 2.46. The molecule has 0 fully saturated rings. The SMILES string of the molecule is CCNCc1coc(N(C)CCc2ccccc2)n1. The molecule has 0 unspecified atom stereocenters. The minimum absolute atomic E-state index is 0.684. The largest absolute Gasteiger partial charge is 0.432 e. The summed E-state index contributed by atoms with van der Waals surface area (Å²) in [5.74, 6) is 0. The molecule has 0 aliphatic rings. The quantitative estimate of drug-likeness (QED) is 0.829. The molecule has 0 amide bonds. The van der Waals surface area contributed by atoms with Gasteiger partial charge in [0.2, 0.25) is 0 Å². The number of hydrogen-bond acceptors (Lipinski definition) is 4. The van der Waals surface area contributed by atoms with Gasteiger partial charge in [-0.05, 0) is 18.5 Å². The average molecular weight is 259 g/mol. The highest BCUT2D eigenvalue weighted by Gasteiger charge is 2.08. The van der Waals surface area contributed by atoms with E-state index in [2.05, 4.69) is 41.5 Å². The molecule has 1 aromatic heterocycles. The Bertz CT molecular complexity index is 481. The maximum Gasteiger partial charge on any atom is 0.297 e. The number of hydrogen-bond donors (Lipinski definition) is 1. The summed E-state index contributed by atoms with van der Waals surface area (Å²) in [6, 6.07) is 11.1. The Morgan fingerprint density at radius 1 is 1.26 bits per heavy atom. The molecule has 4 heteroatoms. The molecule has 0 radical (unpaired) electrons. The molecule has 1 N–H and O–H groups in total. The van der Waals surface area contributed by atoms with Crippen molar-refractivity contribution in [2.24, 2.45) is 0 Å². The second-order valence-corrected chi connectivity index (χ2v) is 4.56. The number of aromatic nitrogens is 1. The summed E-state index contributed by atoms with van der Waals surface area (Å²) in [4.78, 5) is 6.50. The van der Waals surface area contributed by atoms with Crippen LogP contribution in [0.15, 0.2) is 41.0 Å². The number of oxazole rings is 1. The molecule has 2 aromatic rings. The molecule has 0 aliphatic heterocycles. The third kappa shape index (κ3) is 4.10. The monoisotopic (exact) mass is 259 g/mol. The van der Waals surface area contributed by atoms with E-state index in [1.165, 1.54) is 5.56 Å². The van der Waals surface area contributed by atoms with Crippen molar-refractivity contribution in [3.8, 4) is 0 Å². The molecule has 102 valence electrons. The first-order chi connectivity index (χ1) is 9.29. The number of likely N-dealkylation sites (N-methyl/N-ethyl adjacent to an activating group) is 1. The molecule has 0 bridgehead atoms. The fourth-order valence-corrected chi connectivity index (χ4v) is 1.84. The zero-order valence-electron chi connectivity index (χ0n) is 11.6. The Balaban J connectivity index is 1.85. The van der Waals surface area contributed by atoms with Gasteiger partial charge < -0.3 is 14.6 Å². The van der Waals surface area contributed by atoms with Crippen molar-refractivity contribution in [3.63, 3.8) is 0 Å². The fourth-order valence-electron chi connectivity index (χ4n) is 1.84. The molecule has 19 heavy (non-hydrogen) atoms. The summed E-state index contributed by atoms with van der Waals surface area (Å²) in [7, 11) is 2.01. The lowest BCUT2D eigenvalue weighted by molar-refractivity contribution is 0.543. The van der Waals surface area contributed by atoms with E-state index in [9.17, 15) is 0 Å². The Hall–Kier alpha value is -1.81. The first kappa shape index (κ1) is 13.6. The summed E-state index contributed by atoms with van der Waals surface area (Å²) in [5.41, 5.74) is 2.28. The van der Waals surface area contributed by atoms with Crippen LogP contribution in [-0.4, -0.2) is 25.1 Å². The van der Waals surface area contributed by atoms with Gasteiger partial charge in [0.15, 0.2) is 0 Å². The highest BCUT2D eigenvalue weighted by atomic mass is 16.4. The van der Waals surface area contributed by atoms with Crippen LogP contribution in [0.4, 0.5) is 6.01 Å². The predicted molar refractivity (Wildman–Crippen MR) is 77.3 cm³/mol. The van der Waals surface area contributed by atoms with Crippen molar-refractivity contribution in [2.45, 2.75) is 19.9 Å². The lowest BCUT2D eigenvalue weighted by atomic mass is 10.1. The van der Waals surface area contributed by atoms with Gasteiger partial charge in [0, 0.05) is 20.1 Å². The minimum Gasteiger partial charge on any atom is -0.432 e. The van der Waals surface area contributed by atoms with E-state index >= 15 is 0 Å². The second kappa shape index (κ2) is 6.95. The van der Waals surface area contributed by atoms with Crippen LogP contribution in [-0.2, 0) is 13.0 Å². The van der Waals surface area contributed by atoms with E-state index in [1.54, 1.807) is 6.26 Å². The van der Waals surface area contributed by atoms with Crippen LogP contribution in [0.5, 0.6) is 0 Å². The number of nitrogens with zero attached hydrogens (tertiary/aromatic N) is 2. The lowest BCUT2D eigenvalue weighted by Crippen LogP contribution is -2.20.